The van der Waals surface area contributed by atoms with Crippen molar-refractivity contribution in [2.45, 2.75) is 38.1 Å². The van der Waals surface area contributed by atoms with E-state index in [-0.39, 0.29) is 5.91 Å². The van der Waals surface area contributed by atoms with Crippen LogP contribution in [-0.4, -0.2) is 25.1 Å². The lowest BCUT2D eigenvalue weighted by molar-refractivity contribution is -0.122. The lowest BCUT2D eigenvalue weighted by Gasteiger charge is -2.28. The Morgan fingerprint density at radius 3 is 2.90 bits per heavy atom. The minimum Gasteiger partial charge on any atom is -0.497 e. The number of rotatable bonds is 5. The van der Waals surface area contributed by atoms with Gasteiger partial charge >= 0.3 is 0 Å². The molecule has 0 radical (unpaired) electrons. The fraction of sp³-hybridized carbons (Fsp3) is 0.533. The zero-order valence-corrected chi connectivity index (χ0v) is 13.5. The van der Waals surface area contributed by atoms with Crippen LogP contribution in [0.4, 0.5) is 5.69 Å². The molecule has 4 nitrogen and oxygen atoms in total. The van der Waals surface area contributed by atoms with Gasteiger partial charge in [0.2, 0.25) is 5.91 Å². The van der Waals surface area contributed by atoms with Crippen LogP contribution in [0.15, 0.2) is 22.7 Å². The second kappa shape index (κ2) is 6.59. The molecule has 0 saturated carbocycles. The van der Waals surface area contributed by atoms with E-state index >= 15 is 0 Å². The number of halogens is 1. The van der Waals surface area contributed by atoms with Crippen molar-refractivity contribution in [3.8, 4) is 5.75 Å². The van der Waals surface area contributed by atoms with Gasteiger partial charge in [0.1, 0.15) is 5.75 Å². The maximum atomic E-state index is 12.6. The van der Waals surface area contributed by atoms with Gasteiger partial charge in [-0.2, -0.15) is 0 Å². The van der Waals surface area contributed by atoms with Crippen molar-refractivity contribution in [2.75, 3.05) is 19.0 Å². The number of hydrogen-bond donors (Lipinski definition) is 2. The Morgan fingerprint density at radius 2 is 2.30 bits per heavy atom. The van der Waals surface area contributed by atoms with Gasteiger partial charge < -0.3 is 15.4 Å². The first-order chi connectivity index (χ1) is 9.59. The van der Waals surface area contributed by atoms with Gasteiger partial charge in [0.25, 0.3) is 0 Å². The summed E-state index contributed by atoms with van der Waals surface area (Å²) in [5.41, 5.74) is 0.343. The van der Waals surface area contributed by atoms with E-state index in [0.717, 1.165) is 48.1 Å². The van der Waals surface area contributed by atoms with E-state index in [1.807, 2.05) is 18.2 Å². The highest BCUT2D eigenvalue weighted by Gasteiger charge is 2.39. The summed E-state index contributed by atoms with van der Waals surface area (Å²) in [7, 11) is 1.62. The fourth-order valence-corrected chi connectivity index (χ4v) is 3.23. The van der Waals surface area contributed by atoms with Crippen LogP contribution < -0.4 is 15.4 Å². The molecule has 1 atom stereocenters. The minimum atomic E-state index is -0.412. The molecule has 1 amide bonds. The third-order valence-corrected chi connectivity index (χ3v) is 4.18. The molecule has 20 heavy (non-hydrogen) atoms. The second-order valence-corrected chi connectivity index (χ2v) is 6.11. The number of carbonyl (C=O) groups excluding carboxylic acids is 1. The predicted molar refractivity (Wildman–Crippen MR) is 84.2 cm³/mol. The highest BCUT2D eigenvalue weighted by atomic mass is 79.9. The summed E-state index contributed by atoms with van der Waals surface area (Å²) in [6, 6.07) is 5.58. The fourth-order valence-electron chi connectivity index (χ4n) is 2.76. The minimum absolute atomic E-state index is 0.0528. The average molecular weight is 341 g/mol. The van der Waals surface area contributed by atoms with Crippen LogP contribution in [0.1, 0.15) is 32.6 Å². The molecule has 0 aromatic heterocycles. The Balaban J connectivity index is 2.16. The van der Waals surface area contributed by atoms with Crippen molar-refractivity contribution >= 4 is 27.5 Å². The molecule has 2 N–H and O–H groups in total. The molecule has 1 aromatic carbocycles. The van der Waals surface area contributed by atoms with Crippen molar-refractivity contribution in [3.05, 3.63) is 22.7 Å². The molecule has 1 fully saturated rings. The van der Waals surface area contributed by atoms with Crippen molar-refractivity contribution in [1.82, 2.24) is 5.32 Å². The predicted octanol–water partition coefficient (Wildman–Crippen LogP) is 3.32. The van der Waals surface area contributed by atoms with Gasteiger partial charge in [0.15, 0.2) is 0 Å². The van der Waals surface area contributed by atoms with Crippen LogP contribution in [0.5, 0.6) is 5.75 Å². The molecule has 1 unspecified atom stereocenters. The molecule has 1 heterocycles. The molecule has 1 saturated heterocycles. The zero-order valence-electron chi connectivity index (χ0n) is 12.0. The van der Waals surface area contributed by atoms with E-state index in [1.165, 1.54) is 0 Å². The van der Waals surface area contributed by atoms with Crippen LogP contribution in [0.3, 0.4) is 0 Å². The smallest absolute Gasteiger partial charge is 0.244 e. The highest BCUT2D eigenvalue weighted by Crippen LogP contribution is 2.29. The second-order valence-electron chi connectivity index (χ2n) is 5.20. The number of benzene rings is 1. The SMILES string of the molecule is CCCC1(C(=O)Nc2cc(Br)cc(OC)c2)CCCN1. The number of amides is 1. The van der Waals surface area contributed by atoms with Gasteiger partial charge in [0, 0.05) is 16.2 Å². The van der Waals surface area contributed by atoms with Gasteiger partial charge in [-0.15, -0.1) is 0 Å². The van der Waals surface area contributed by atoms with E-state index in [9.17, 15) is 4.79 Å². The van der Waals surface area contributed by atoms with Crippen molar-refractivity contribution in [1.29, 1.82) is 0 Å². The maximum absolute atomic E-state index is 12.6. The van der Waals surface area contributed by atoms with Crippen molar-refractivity contribution in [3.63, 3.8) is 0 Å². The number of ether oxygens (including phenoxy) is 1. The summed E-state index contributed by atoms with van der Waals surface area (Å²) in [5, 5.41) is 6.39. The number of methoxy groups -OCH3 is 1. The number of nitrogens with one attached hydrogen (secondary N) is 2. The summed E-state index contributed by atoms with van der Waals surface area (Å²) in [4.78, 5) is 12.6. The molecule has 1 aliphatic rings. The van der Waals surface area contributed by atoms with Crippen LogP contribution >= 0.6 is 15.9 Å². The summed E-state index contributed by atoms with van der Waals surface area (Å²) in [5.74, 6) is 0.774. The molecule has 1 aliphatic heterocycles. The average Bonchev–Trinajstić information content (AvgIpc) is 2.88. The number of hydrogen-bond acceptors (Lipinski definition) is 3. The quantitative estimate of drug-likeness (QED) is 0.864. The topological polar surface area (TPSA) is 50.4 Å². The largest absolute Gasteiger partial charge is 0.497 e. The molecule has 5 heteroatoms. The Labute approximate surface area is 128 Å². The Hall–Kier alpha value is -1.07. The first kappa shape index (κ1) is 15.3. The summed E-state index contributed by atoms with van der Waals surface area (Å²) in [6.07, 6.45) is 3.80. The summed E-state index contributed by atoms with van der Waals surface area (Å²) >= 11 is 3.42. The van der Waals surface area contributed by atoms with Gasteiger partial charge in [-0.25, -0.2) is 0 Å². The Kier molecular flexibility index (Phi) is 5.05. The van der Waals surface area contributed by atoms with Crippen LogP contribution in [0.25, 0.3) is 0 Å². The third kappa shape index (κ3) is 3.33. The maximum Gasteiger partial charge on any atom is 0.244 e. The molecule has 0 spiro atoms. The molecule has 2 rings (SSSR count). The number of anilines is 1. The van der Waals surface area contributed by atoms with E-state index in [4.69, 9.17) is 4.74 Å². The molecule has 1 aromatic rings. The first-order valence-corrected chi connectivity index (χ1v) is 7.80. The van der Waals surface area contributed by atoms with Gasteiger partial charge in [-0.1, -0.05) is 29.3 Å². The first-order valence-electron chi connectivity index (χ1n) is 7.01. The highest BCUT2D eigenvalue weighted by molar-refractivity contribution is 9.10. The standard InChI is InChI=1S/C15H21BrN2O2/c1-3-5-15(6-4-7-17-15)14(19)18-12-8-11(16)9-13(10-12)20-2/h8-10,17H,3-7H2,1-2H3,(H,18,19). The number of carbonyl (C=O) groups is 1. The van der Waals surface area contributed by atoms with Crippen LogP contribution in [0.2, 0.25) is 0 Å². The van der Waals surface area contributed by atoms with E-state index in [0.29, 0.717) is 0 Å². The van der Waals surface area contributed by atoms with Gasteiger partial charge in [-0.05, 0) is 37.9 Å². The lowest BCUT2D eigenvalue weighted by Crippen LogP contribution is -2.50. The van der Waals surface area contributed by atoms with Crippen LogP contribution in [0, 0.1) is 0 Å². The normalized spacial score (nSPS) is 21.8. The third-order valence-electron chi connectivity index (χ3n) is 3.72. The zero-order chi connectivity index (χ0) is 14.6. The van der Waals surface area contributed by atoms with E-state index in [2.05, 4.69) is 33.5 Å². The van der Waals surface area contributed by atoms with E-state index < -0.39 is 5.54 Å². The van der Waals surface area contributed by atoms with Gasteiger partial charge in [-0.3, -0.25) is 4.79 Å². The van der Waals surface area contributed by atoms with Gasteiger partial charge in [0.05, 0.1) is 12.6 Å². The lowest BCUT2D eigenvalue weighted by atomic mass is 9.91. The summed E-state index contributed by atoms with van der Waals surface area (Å²) < 4.78 is 6.10. The molecular weight excluding hydrogens is 320 g/mol. The van der Waals surface area contributed by atoms with Crippen molar-refractivity contribution in [2.24, 2.45) is 0 Å². The molecule has 110 valence electrons. The Morgan fingerprint density at radius 1 is 1.50 bits per heavy atom. The van der Waals surface area contributed by atoms with E-state index in [1.54, 1.807) is 7.11 Å². The van der Waals surface area contributed by atoms with Crippen LogP contribution in [-0.2, 0) is 4.79 Å². The molecule has 0 aliphatic carbocycles. The monoisotopic (exact) mass is 340 g/mol. The molecular formula is C15H21BrN2O2. The molecule has 0 bridgehead atoms. The van der Waals surface area contributed by atoms with Crippen molar-refractivity contribution < 1.29 is 9.53 Å². The Bertz CT molecular complexity index is 485. The summed E-state index contributed by atoms with van der Waals surface area (Å²) in [6.45, 7) is 3.02.